The molecule has 0 radical (unpaired) electrons. The SMILES string of the molecule is CN1[C@@H]2CC[C@H]1[C@@H](c1ccccc1)[C@@H](c1ccccc1)C2. The van der Waals surface area contributed by atoms with Crippen LogP contribution in [-0.2, 0) is 0 Å². The lowest BCUT2D eigenvalue weighted by molar-refractivity contribution is 0.137. The molecule has 4 rings (SSSR count). The maximum absolute atomic E-state index is 2.65. The summed E-state index contributed by atoms with van der Waals surface area (Å²) in [6, 6.07) is 23.8. The normalized spacial score (nSPS) is 32.2. The van der Waals surface area contributed by atoms with Gasteiger partial charge in [-0.3, -0.25) is 4.90 Å². The Morgan fingerprint density at radius 2 is 1.43 bits per heavy atom. The van der Waals surface area contributed by atoms with Crippen LogP contribution in [0.25, 0.3) is 0 Å². The smallest absolute Gasteiger partial charge is 0.0170 e. The van der Waals surface area contributed by atoms with E-state index < -0.39 is 0 Å². The molecule has 0 N–H and O–H groups in total. The number of piperidine rings is 1. The molecule has 2 aromatic rings. The fourth-order valence-corrected chi connectivity index (χ4v) is 4.64. The Labute approximate surface area is 127 Å². The third kappa shape index (κ3) is 2.20. The van der Waals surface area contributed by atoms with E-state index in [1.54, 1.807) is 0 Å². The van der Waals surface area contributed by atoms with Crippen molar-refractivity contribution in [1.82, 2.24) is 4.90 Å². The Bertz CT molecular complexity index is 592. The molecule has 2 heterocycles. The van der Waals surface area contributed by atoms with Gasteiger partial charge in [-0.2, -0.15) is 0 Å². The van der Waals surface area contributed by atoms with Gasteiger partial charge < -0.3 is 0 Å². The highest BCUT2D eigenvalue weighted by Crippen LogP contribution is 2.50. The van der Waals surface area contributed by atoms with E-state index in [1.807, 2.05) is 0 Å². The van der Waals surface area contributed by atoms with E-state index in [4.69, 9.17) is 0 Å². The van der Waals surface area contributed by atoms with Crippen LogP contribution in [0.3, 0.4) is 0 Å². The van der Waals surface area contributed by atoms with Crippen LogP contribution in [0.1, 0.15) is 42.2 Å². The highest BCUT2D eigenvalue weighted by molar-refractivity contribution is 5.32. The summed E-state index contributed by atoms with van der Waals surface area (Å²) in [5, 5.41) is 0. The van der Waals surface area contributed by atoms with Gasteiger partial charge in [0.05, 0.1) is 0 Å². The maximum Gasteiger partial charge on any atom is 0.0170 e. The number of hydrogen-bond donors (Lipinski definition) is 0. The Morgan fingerprint density at radius 1 is 0.810 bits per heavy atom. The molecule has 0 unspecified atom stereocenters. The Balaban J connectivity index is 1.77. The number of hydrogen-bond acceptors (Lipinski definition) is 1. The molecule has 2 aromatic carbocycles. The van der Waals surface area contributed by atoms with Crippen molar-refractivity contribution in [2.75, 3.05) is 7.05 Å². The average Bonchev–Trinajstić information content (AvgIpc) is 2.79. The Morgan fingerprint density at radius 3 is 2.10 bits per heavy atom. The molecule has 2 aliphatic heterocycles. The first kappa shape index (κ1) is 13.1. The fraction of sp³-hybridized carbons (Fsp3) is 0.400. The topological polar surface area (TPSA) is 3.24 Å². The molecule has 0 aromatic heterocycles. The van der Waals surface area contributed by atoms with E-state index in [0.717, 1.165) is 6.04 Å². The van der Waals surface area contributed by atoms with Crippen molar-refractivity contribution >= 4 is 0 Å². The molecular formula is C20H23N. The summed E-state index contributed by atoms with van der Waals surface area (Å²) in [6.07, 6.45) is 4.02. The van der Waals surface area contributed by atoms with Gasteiger partial charge in [-0.1, -0.05) is 60.7 Å². The van der Waals surface area contributed by atoms with Crippen molar-refractivity contribution in [2.24, 2.45) is 0 Å². The predicted octanol–water partition coefficient (Wildman–Crippen LogP) is 4.42. The highest BCUT2D eigenvalue weighted by Gasteiger charge is 2.46. The van der Waals surface area contributed by atoms with E-state index in [1.165, 1.54) is 30.4 Å². The van der Waals surface area contributed by atoms with Crippen molar-refractivity contribution in [3.8, 4) is 0 Å². The molecule has 2 aliphatic rings. The van der Waals surface area contributed by atoms with Crippen LogP contribution in [0.5, 0.6) is 0 Å². The van der Waals surface area contributed by atoms with Crippen molar-refractivity contribution in [1.29, 1.82) is 0 Å². The summed E-state index contributed by atoms with van der Waals surface area (Å²) in [7, 11) is 2.33. The van der Waals surface area contributed by atoms with Crippen LogP contribution in [0.15, 0.2) is 60.7 Å². The third-order valence-corrected chi connectivity index (χ3v) is 5.68. The molecule has 2 bridgehead atoms. The summed E-state index contributed by atoms with van der Waals surface area (Å²) >= 11 is 0. The van der Waals surface area contributed by atoms with Gasteiger partial charge >= 0.3 is 0 Å². The van der Waals surface area contributed by atoms with Crippen molar-refractivity contribution in [3.63, 3.8) is 0 Å². The zero-order valence-electron chi connectivity index (χ0n) is 12.7. The first-order valence-corrected chi connectivity index (χ1v) is 8.16. The summed E-state index contributed by atoms with van der Waals surface area (Å²) in [5.41, 5.74) is 3.04. The maximum atomic E-state index is 2.65. The van der Waals surface area contributed by atoms with Crippen LogP contribution in [0.2, 0.25) is 0 Å². The van der Waals surface area contributed by atoms with Crippen LogP contribution in [0, 0.1) is 0 Å². The molecule has 1 nitrogen and oxygen atoms in total. The third-order valence-electron chi connectivity index (χ3n) is 5.68. The van der Waals surface area contributed by atoms with Gasteiger partial charge in [0.25, 0.3) is 0 Å². The van der Waals surface area contributed by atoms with Crippen molar-refractivity contribution in [3.05, 3.63) is 71.8 Å². The predicted molar refractivity (Wildman–Crippen MR) is 87.6 cm³/mol. The Hall–Kier alpha value is -1.60. The lowest BCUT2D eigenvalue weighted by atomic mass is 9.73. The van der Waals surface area contributed by atoms with Crippen LogP contribution >= 0.6 is 0 Å². The van der Waals surface area contributed by atoms with Crippen molar-refractivity contribution in [2.45, 2.75) is 43.2 Å². The second kappa shape index (κ2) is 5.31. The summed E-state index contributed by atoms with van der Waals surface area (Å²) < 4.78 is 0. The lowest BCUT2D eigenvalue weighted by Gasteiger charge is -2.43. The molecule has 1 heteroatoms. The summed E-state index contributed by atoms with van der Waals surface area (Å²) in [4.78, 5) is 2.65. The molecule has 2 fully saturated rings. The van der Waals surface area contributed by atoms with E-state index in [2.05, 4.69) is 72.6 Å². The summed E-state index contributed by atoms with van der Waals surface area (Å²) in [6.45, 7) is 0. The van der Waals surface area contributed by atoms with E-state index in [9.17, 15) is 0 Å². The van der Waals surface area contributed by atoms with Crippen LogP contribution < -0.4 is 0 Å². The largest absolute Gasteiger partial charge is 0.300 e. The molecule has 0 aliphatic carbocycles. The van der Waals surface area contributed by atoms with Crippen LogP contribution in [0.4, 0.5) is 0 Å². The monoisotopic (exact) mass is 277 g/mol. The van der Waals surface area contributed by atoms with Gasteiger partial charge in [0.1, 0.15) is 0 Å². The van der Waals surface area contributed by atoms with Gasteiger partial charge in [-0.25, -0.2) is 0 Å². The number of likely N-dealkylation sites (N-methyl/N-ethyl adjacent to an activating group) is 1. The quantitative estimate of drug-likeness (QED) is 0.785. The fourth-order valence-electron chi connectivity index (χ4n) is 4.64. The minimum absolute atomic E-state index is 0.636. The zero-order chi connectivity index (χ0) is 14.2. The number of fused-ring (bicyclic) bond motifs is 2. The number of nitrogens with zero attached hydrogens (tertiary/aromatic N) is 1. The van der Waals surface area contributed by atoms with E-state index >= 15 is 0 Å². The molecule has 4 atom stereocenters. The second-order valence-corrected chi connectivity index (χ2v) is 6.65. The van der Waals surface area contributed by atoms with E-state index in [0.29, 0.717) is 17.9 Å². The molecule has 0 saturated carbocycles. The molecule has 0 spiro atoms. The molecule has 2 saturated heterocycles. The molecule has 0 amide bonds. The number of benzene rings is 2. The minimum atomic E-state index is 0.636. The van der Waals surface area contributed by atoms with E-state index in [-0.39, 0.29) is 0 Å². The molecular weight excluding hydrogens is 254 g/mol. The standard InChI is InChI=1S/C20H23N/c1-21-17-12-13-19(21)20(16-10-6-3-7-11-16)18(14-17)15-8-4-2-5-9-15/h2-11,17-20H,12-14H2,1H3/t17-,18-,19+,20+/m1/s1. The van der Waals surface area contributed by atoms with Gasteiger partial charge in [-0.15, -0.1) is 0 Å². The molecule has 108 valence electrons. The Kier molecular flexibility index (Phi) is 3.31. The zero-order valence-corrected chi connectivity index (χ0v) is 12.7. The average molecular weight is 277 g/mol. The van der Waals surface area contributed by atoms with Crippen LogP contribution in [-0.4, -0.2) is 24.0 Å². The second-order valence-electron chi connectivity index (χ2n) is 6.65. The molecule has 21 heavy (non-hydrogen) atoms. The first-order chi connectivity index (χ1) is 10.3. The lowest BCUT2D eigenvalue weighted by Crippen LogP contribution is -2.44. The highest BCUT2D eigenvalue weighted by atomic mass is 15.2. The minimum Gasteiger partial charge on any atom is -0.300 e. The van der Waals surface area contributed by atoms with Gasteiger partial charge in [-0.05, 0) is 43.4 Å². The first-order valence-electron chi connectivity index (χ1n) is 8.16. The van der Waals surface area contributed by atoms with Crippen molar-refractivity contribution < 1.29 is 0 Å². The van der Waals surface area contributed by atoms with Gasteiger partial charge in [0, 0.05) is 18.0 Å². The van der Waals surface area contributed by atoms with Gasteiger partial charge in [0.2, 0.25) is 0 Å². The number of rotatable bonds is 2. The summed E-state index contributed by atoms with van der Waals surface area (Å²) in [5.74, 6) is 1.31. The van der Waals surface area contributed by atoms with Gasteiger partial charge in [0.15, 0.2) is 0 Å².